The maximum absolute atomic E-state index is 5.92. The fourth-order valence-corrected chi connectivity index (χ4v) is 2.74. The van der Waals surface area contributed by atoms with Gasteiger partial charge in [0.2, 0.25) is 0 Å². The summed E-state index contributed by atoms with van der Waals surface area (Å²) in [5.41, 5.74) is 1.28. The van der Waals surface area contributed by atoms with Gasteiger partial charge in [-0.15, -0.1) is 0 Å². The van der Waals surface area contributed by atoms with Crippen LogP contribution in [0.15, 0.2) is 30.3 Å². The molecular weight excluding hydrogens is 340 g/mol. The summed E-state index contributed by atoms with van der Waals surface area (Å²) in [6.07, 6.45) is 4.24. The van der Waals surface area contributed by atoms with Crippen molar-refractivity contribution in [1.82, 2.24) is 0 Å². The molecule has 0 heterocycles. The standard InChI is InChI=1S/C19H25BrO2/c1-3-5-12-21-16-8-9-18-15(14-16)7-10-19(17(18)4-2)22-13-6-11-20/h7-10,14H,3-6,11-13H2,1-2H3. The van der Waals surface area contributed by atoms with Gasteiger partial charge < -0.3 is 9.47 Å². The van der Waals surface area contributed by atoms with Crippen molar-refractivity contribution in [3.8, 4) is 11.5 Å². The largest absolute Gasteiger partial charge is 0.494 e. The molecule has 2 aromatic rings. The lowest BCUT2D eigenvalue weighted by Gasteiger charge is -2.14. The summed E-state index contributed by atoms with van der Waals surface area (Å²) in [6, 6.07) is 10.6. The summed E-state index contributed by atoms with van der Waals surface area (Å²) < 4.78 is 11.7. The first-order valence-corrected chi connectivity index (χ1v) is 9.29. The topological polar surface area (TPSA) is 18.5 Å². The molecule has 0 saturated carbocycles. The van der Waals surface area contributed by atoms with Crippen molar-refractivity contribution in [3.63, 3.8) is 0 Å². The van der Waals surface area contributed by atoms with Gasteiger partial charge in [0.05, 0.1) is 13.2 Å². The Kier molecular flexibility index (Phi) is 7.04. The highest BCUT2D eigenvalue weighted by molar-refractivity contribution is 9.09. The zero-order valence-corrected chi connectivity index (χ0v) is 15.1. The molecule has 0 amide bonds. The van der Waals surface area contributed by atoms with Crippen LogP contribution in [0.25, 0.3) is 10.8 Å². The van der Waals surface area contributed by atoms with Crippen molar-refractivity contribution in [2.24, 2.45) is 0 Å². The Hall–Kier alpha value is -1.22. The number of ether oxygens (including phenoxy) is 2. The van der Waals surface area contributed by atoms with Crippen LogP contribution in [0.4, 0.5) is 0 Å². The number of rotatable bonds is 9. The monoisotopic (exact) mass is 364 g/mol. The molecule has 0 aliphatic carbocycles. The average Bonchev–Trinajstić information content (AvgIpc) is 2.55. The third-order valence-electron chi connectivity index (χ3n) is 3.72. The molecule has 2 rings (SSSR count). The number of unbranched alkanes of at least 4 members (excludes halogenated alkanes) is 1. The van der Waals surface area contributed by atoms with Crippen LogP contribution in [0, 0.1) is 0 Å². The molecule has 2 nitrogen and oxygen atoms in total. The molecule has 0 bridgehead atoms. The van der Waals surface area contributed by atoms with E-state index in [1.165, 1.54) is 16.3 Å². The van der Waals surface area contributed by atoms with E-state index in [0.29, 0.717) is 0 Å². The Balaban J connectivity index is 2.22. The molecule has 22 heavy (non-hydrogen) atoms. The highest BCUT2D eigenvalue weighted by Gasteiger charge is 2.08. The number of aryl methyl sites for hydroxylation is 1. The lowest BCUT2D eigenvalue weighted by atomic mass is 10.0. The molecule has 2 aromatic carbocycles. The molecule has 0 radical (unpaired) electrons. The predicted molar refractivity (Wildman–Crippen MR) is 97.6 cm³/mol. The Morgan fingerprint density at radius 2 is 1.77 bits per heavy atom. The molecule has 120 valence electrons. The third kappa shape index (κ3) is 4.39. The molecule has 0 aromatic heterocycles. The normalized spacial score (nSPS) is 10.9. The van der Waals surface area contributed by atoms with Crippen LogP contribution >= 0.6 is 15.9 Å². The molecule has 0 N–H and O–H groups in total. The van der Waals surface area contributed by atoms with Crippen molar-refractivity contribution in [2.75, 3.05) is 18.5 Å². The minimum Gasteiger partial charge on any atom is -0.494 e. The van der Waals surface area contributed by atoms with Gasteiger partial charge in [-0.3, -0.25) is 0 Å². The second kappa shape index (κ2) is 9.04. The Labute approximate surface area is 141 Å². The van der Waals surface area contributed by atoms with Crippen LogP contribution in [0.1, 0.15) is 38.7 Å². The summed E-state index contributed by atoms with van der Waals surface area (Å²) in [6.45, 7) is 5.89. The lowest BCUT2D eigenvalue weighted by molar-refractivity contribution is 0.309. The van der Waals surface area contributed by atoms with Crippen LogP contribution in [0.3, 0.4) is 0 Å². The minimum atomic E-state index is 0.752. The SMILES string of the molecule is CCCCOc1ccc2c(CC)c(OCCCBr)ccc2c1. The highest BCUT2D eigenvalue weighted by atomic mass is 79.9. The van der Waals surface area contributed by atoms with Crippen LogP contribution in [-0.4, -0.2) is 18.5 Å². The number of halogens is 1. The number of alkyl halides is 1. The van der Waals surface area contributed by atoms with Gasteiger partial charge in [-0.2, -0.15) is 0 Å². The van der Waals surface area contributed by atoms with Crippen molar-refractivity contribution >= 4 is 26.7 Å². The molecule has 0 saturated heterocycles. The minimum absolute atomic E-state index is 0.752. The Morgan fingerprint density at radius 3 is 2.50 bits per heavy atom. The summed E-state index contributed by atoms with van der Waals surface area (Å²) in [5.74, 6) is 1.96. The fourth-order valence-electron chi connectivity index (χ4n) is 2.51. The van der Waals surface area contributed by atoms with Gasteiger partial charge in [-0.25, -0.2) is 0 Å². The number of hydrogen-bond acceptors (Lipinski definition) is 2. The molecule has 0 fully saturated rings. The van der Waals surface area contributed by atoms with Crippen molar-refractivity contribution in [3.05, 3.63) is 35.9 Å². The van der Waals surface area contributed by atoms with Gasteiger partial charge in [0, 0.05) is 10.9 Å². The van der Waals surface area contributed by atoms with Gasteiger partial charge in [0.15, 0.2) is 0 Å². The number of hydrogen-bond donors (Lipinski definition) is 0. The van der Waals surface area contributed by atoms with Gasteiger partial charge >= 0.3 is 0 Å². The van der Waals surface area contributed by atoms with Crippen LogP contribution in [0.2, 0.25) is 0 Å². The van der Waals surface area contributed by atoms with E-state index in [0.717, 1.165) is 55.7 Å². The molecule has 0 unspecified atom stereocenters. The first-order valence-electron chi connectivity index (χ1n) is 8.17. The number of fused-ring (bicyclic) bond motifs is 1. The van der Waals surface area contributed by atoms with E-state index in [-0.39, 0.29) is 0 Å². The van der Waals surface area contributed by atoms with Crippen molar-refractivity contribution in [2.45, 2.75) is 39.5 Å². The maximum atomic E-state index is 5.92. The summed E-state index contributed by atoms with van der Waals surface area (Å²) >= 11 is 3.44. The van der Waals surface area contributed by atoms with E-state index in [9.17, 15) is 0 Å². The van der Waals surface area contributed by atoms with E-state index in [1.54, 1.807) is 0 Å². The summed E-state index contributed by atoms with van der Waals surface area (Å²) in [5, 5.41) is 3.46. The quantitative estimate of drug-likeness (QED) is 0.416. The molecule has 0 aliphatic heterocycles. The van der Waals surface area contributed by atoms with E-state index in [4.69, 9.17) is 9.47 Å². The highest BCUT2D eigenvalue weighted by Crippen LogP contribution is 2.31. The second-order valence-electron chi connectivity index (χ2n) is 5.37. The first kappa shape index (κ1) is 17.1. The molecule has 0 atom stereocenters. The third-order valence-corrected chi connectivity index (χ3v) is 4.28. The molecule has 0 spiro atoms. The van der Waals surface area contributed by atoms with Crippen LogP contribution in [-0.2, 0) is 6.42 Å². The molecule has 0 aliphatic rings. The van der Waals surface area contributed by atoms with E-state index >= 15 is 0 Å². The van der Waals surface area contributed by atoms with Crippen molar-refractivity contribution in [1.29, 1.82) is 0 Å². The number of benzene rings is 2. The van der Waals surface area contributed by atoms with Gasteiger partial charge in [0.25, 0.3) is 0 Å². The summed E-state index contributed by atoms with van der Waals surface area (Å²) in [7, 11) is 0. The predicted octanol–water partition coefficient (Wildman–Crippen LogP) is 5.74. The Morgan fingerprint density at radius 1 is 0.955 bits per heavy atom. The van der Waals surface area contributed by atoms with Crippen LogP contribution in [0.5, 0.6) is 11.5 Å². The van der Waals surface area contributed by atoms with Crippen molar-refractivity contribution < 1.29 is 9.47 Å². The summed E-state index contributed by atoms with van der Waals surface area (Å²) in [4.78, 5) is 0. The molecular formula is C19H25BrO2. The zero-order valence-electron chi connectivity index (χ0n) is 13.5. The van der Waals surface area contributed by atoms with Gasteiger partial charge in [0.1, 0.15) is 11.5 Å². The smallest absolute Gasteiger partial charge is 0.123 e. The first-order chi connectivity index (χ1) is 10.8. The fraction of sp³-hybridized carbons (Fsp3) is 0.474. The van der Waals surface area contributed by atoms with Gasteiger partial charge in [-0.1, -0.05) is 48.3 Å². The van der Waals surface area contributed by atoms with E-state index < -0.39 is 0 Å². The zero-order chi connectivity index (χ0) is 15.8. The van der Waals surface area contributed by atoms with E-state index in [1.807, 2.05) is 0 Å². The van der Waals surface area contributed by atoms with Crippen LogP contribution < -0.4 is 9.47 Å². The Bertz CT molecular complexity index is 595. The second-order valence-corrected chi connectivity index (χ2v) is 6.16. The average molecular weight is 365 g/mol. The maximum Gasteiger partial charge on any atom is 0.123 e. The van der Waals surface area contributed by atoms with E-state index in [2.05, 4.69) is 60.1 Å². The van der Waals surface area contributed by atoms with Gasteiger partial charge in [-0.05, 0) is 48.2 Å². The molecule has 3 heteroatoms. The lowest BCUT2D eigenvalue weighted by Crippen LogP contribution is -2.01.